The fraction of sp³-hybridized carbons (Fsp3) is 0.500. The van der Waals surface area contributed by atoms with Gasteiger partial charge in [0.25, 0.3) is 5.91 Å². The third kappa shape index (κ3) is 11.6. The fourth-order valence-corrected chi connectivity index (χ4v) is 2.62. The molecule has 0 aliphatic carbocycles. The Hall–Kier alpha value is -2.82. The highest BCUT2D eigenvalue weighted by atomic mass is 32.2. The predicted octanol–water partition coefficient (Wildman–Crippen LogP) is 0.819. The molecule has 0 saturated carbocycles. The molecule has 162 valence electrons. The third-order valence-electron chi connectivity index (χ3n) is 3.20. The maximum Gasteiger partial charge on any atom is 0.408 e. The second-order valence-corrected chi connectivity index (χ2v) is 9.01. The Morgan fingerprint density at radius 1 is 0.966 bits per heavy atom. The summed E-state index contributed by atoms with van der Waals surface area (Å²) in [4.78, 5) is 35.1. The van der Waals surface area contributed by atoms with Crippen LogP contribution in [0.15, 0.2) is 24.3 Å². The lowest BCUT2D eigenvalue weighted by atomic mass is 10.2. The number of carbonyl (C=O) groups is 3. The first kappa shape index (κ1) is 24.2. The molecule has 0 aromatic heterocycles. The molecule has 29 heavy (non-hydrogen) atoms. The number of benzene rings is 1. The van der Waals surface area contributed by atoms with Crippen molar-refractivity contribution in [3.63, 3.8) is 0 Å². The number of anilines is 1. The maximum atomic E-state index is 12.0. The topological polar surface area (TPSA) is 143 Å². The van der Waals surface area contributed by atoms with Crippen LogP contribution in [0, 0.1) is 0 Å². The van der Waals surface area contributed by atoms with Gasteiger partial charge in [-0.1, -0.05) is 0 Å². The van der Waals surface area contributed by atoms with Crippen molar-refractivity contribution < 1.29 is 27.5 Å². The molecule has 0 spiro atoms. The van der Waals surface area contributed by atoms with E-state index in [2.05, 4.69) is 20.7 Å². The van der Waals surface area contributed by atoms with E-state index in [1.54, 1.807) is 20.8 Å². The van der Waals surface area contributed by atoms with Gasteiger partial charge in [0.1, 0.15) is 5.60 Å². The molecule has 4 N–H and O–H groups in total. The zero-order valence-corrected chi connectivity index (χ0v) is 17.8. The van der Waals surface area contributed by atoms with Crippen LogP contribution in [0.1, 0.15) is 37.6 Å². The van der Waals surface area contributed by atoms with Crippen LogP contribution >= 0.6 is 0 Å². The summed E-state index contributed by atoms with van der Waals surface area (Å²) in [5.74, 6) is -0.676. The van der Waals surface area contributed by atoms with Crippen LogP contribution in [0.3, 0.4) is 0 Å². The lowest BCUT2D eigenvalue weighted by molar-refractivity contribution is -0.120. The van der Waals surface area contributed by atoms with Gasteiger partial charge in [-0.25, -0.2) is 13.2 Å². The predicted molar refractivity (Wildman–Crippen MR) is 109 cm³/mol. The summed E-state index contributed by atoms with van der Waals surface area (Å²) in [6.07, 6.45) is 0.871. The van der Waals surface area contributed by atoms with Crippen LogP contribution in [0.2, 0.25) is 0 Å². The minimum atomic E-state index is -3.37. The number of hydrogen-bond donors (Lipinski definition) is 4. The number of ether oxygens (including phenoxy) is 1. The second kappa shape index (κ2) is 10.6. The number of hydrogen-bond acceptors (Lipinski definition) is 6. The van der Waals surface area contributed by atoms with E-state index in [9.17, 15) is 22.8 Å². The Bertz CT molecular complexity index is 816. The first-order chi connectivity index (χ1) is 13.4. The van der Waals surface area contributed by atoms with Gasteiger partial charge in [0.2, 0.25) is 15.9 Å². The molecule has 0 aliphatic heterocycles. The van der Waals surface area contributed by atoms with Crippen molar-refractivity contribution in [3.05, 3.63) is 29.8 Å². The molecule has 0 fully saturated rings. The summed E-state index contributed by atoms with van der Waals surface area (Å²) in [6.45, 7) is 5.63. The van der Waals surface area contributed by atoms with Crippen molar-refractivity contribution in [2.45, 2.75) is 32.8 Å². The molecule has 0 bridgehead atoms. The fourth-order valence-electron chi connectivity index (χ4n) is 2.05. The lowest BCUT2D eigenvalue weighted by Crippen LogP contribution is -2.40. The van der Waals surface area contributed by atoms with E-state index in [1.807, 2.05) is 0 Å². The van der Waals surface area contributed by atoms with E-state index in [0.29, 0.717) is 30.8 Å². The summed E-state index contributed by atoms with van der Waals surface area (Å²) < 4.78 is 29.6. The Labute approximate surface area is 170 Å². The number of sulfonamides is 1. The molecule has 0 radical (unpaired) electrons. The Kier molecular flexibility index (Phi) is 8.89. The van der Waals surface area contributed by atoms with E-state index in [1.165, 1.54) is 24.3 Å². The van der Waals surface area contributed by atoms with Gasteiger partial charge in [-0.3, -0.25) is 14.3 Å². The smallest absolute Gasteiger partial charge is 0.408 e. The Morgan fingerprint density at radius 2 is 1.55 bits per heavy atom. The number of alkyl carbamates (subject to hydrolysis) is 1. The van der Waals surface area contributed by atoms with Gasteiger partial charge < -0.3 is 20.7 Å². The summed E-state index contributed by atoms with van der Waals surface area (Å²) >= 11 is 0. The van der Waals surface area contributed by atoms with Gasteiger partial charge in [0, 0.05) is 24.3 Å². The van der Waals surface area contributed by atoms with Crippen molar-refractivity contribution in [1.29, 1.82) is 0 Å². The Morgan fingerprint density at radius 3 is 2.10 bits per heavy atom. The van der Waals surface area contributed by atoms with Crippen LogP contribution in [0.4, 0.5) is 10.5 Å². The van der Waals surface area contributed by atoms with Gasteiger partial charge >= 0.3 is 6.09 Å². The van der Waals surface area contributed by atoms with Crippen LogP contribution in [0.5, 0.6) is 0 Å². The number of rotatable bonds is 9. The van der Waals surface area contributed by atoms with Crippen molar-refractivity contribution >= 4 is 33.6 Å². The molecular weight excluding hydrogens is 400 g/mol. The van der Waals surface area contributed by atoms with Crippen LogP contribution in [-0.4, -0.2) is 57.8 Å². The van der Waals surface area contributed by atoms with E-state index in [-0.39, 0.29) is 18.4 Å². The standard InChI is InChI=1S/C18H28N4O6S/c1-18(2,3)28-17(25)21-12-15(23)19-10-5-11-20-16(24)13-6-8-14(9-7-13)22-29(4,26)27/h6-9,22H,5,10-12H2,1-4H3,(H,19,23)(H,20,24)(H,21,25). The molecule has 0 saturated heterocycles. The highest BCUT2D eigenvalue weighted by Gasteiger charge is 2.16. The zero-order valence-electron chi connectivity index (χ0n) is 17.0. The van der Waals surface area contributed by atoms with Crippen LogP contribution in [0.25, 0.3) is 0 Å². The summed E-state index contributed by atoms with van der Waals surface area (Å²) in [6, 6.07) is 6.00. The molecule has 1 rings (SSSR count). The molecule has 3 amide bonds. The number of nitrogens with one attached hydrogen (secondary N) is 4. The largest absolute Gasteiger partial charge is 0.444 e. The first-order valence-corrected chi connectivity index (χ1v) is 10.8. The van der Waals surface area contributed by atoms with Crippen molar-refractivity contribution in [3.8, 4) is 0 Å². The monoisotopic (exact) mass is 428 g/mol. The molecule has 0 unspecified atom stereocenters. The van der Waals surface area contributed by atoms with Crippen LogP contribution in [-0.2, 0) is 19.6 Å². The molecule has 0 heterocycles. The minimum Gasteiger partial charge on any atom is -0.444 e. The molecule has 1 aromatic rings. The van der Waals surface area contributed by atoms with E-state index >= 15 is 0 Å². The van der Waals surface area contributed by atoms with Crippen molar-refractivity contribution in [2.75, 3.05) is 30.6 Å². The molecular formula is C18H28N4O6S. The Balaban J connectivity index is 2.23. The van der Waals surface area contributed by atoms with Gasteiger partial charge in [-0.05, 0) is 51.5 Å². The van der Waals surface area contributed by atoms with Crippen molar-refractivity contribution in [1.82, 2.24) is 16.0 Å². The highest BCUT2D eigenvalue weighted by Crippen LogP contribution is 2.10. The molecule has 11 heteroatoms. The average Bonchev–Trinajstić information content (AvgIpc) is 2.57. The number of carbonyl (C=O) groups excluding carboxylic acids is 3. The van der Waals surface area contributed by atoms with E-state index < -0.39 is 21.7 Å². The van der Waals surface area contributed by atoms with E-state index in [4.69, 9.17) is 4.74 Å². The lowest BCUT2D eigenvalue weighted by Gasteiger charge is -2.19. The molecule has 0 aliphatic rings. The van der Waals surface area contributed by atoms with Gasteiger partial charge in [-0.2, -0.15) is 0 Å². The SMILES string of the molecule is CC(C)(C)OC(=O)NCC(=O)NCCCNC(=O)c1ccc(NS(C)(=O)=O)cc1. The van der Waals surface area contributed by atoms with Gasteiger partial charge in [-0.15, -0.1) is 0 Å². The van der Waals surface area contributed by atoms with Gasteiger partial charge in [0.05, 0.1) is 12.8 Å². The molecule has 0 atom stereocenters. The minimum absolute atomic E-state index is 0.199. The van der Waals surface area contributed by atoms with Crippen molar-refractivity contribution in [2.24, 2.45) is 0 Å². The maximum absolute atomic E-state index is 12.0. The summed E-state index contributed by atoms with van der Waals surface area (Å²) in [5.41, 5.74) is 0.116. The third-order valence-corrected chi connectivity index (χ3v) is 3.81. The average molecular weight is 429 g/mol. The number of amides is 3. The molecule has 1 aromatic carbocycles. The normalized spacial score (nSPS) is 11.3. The van der Waals surface area contributed by atoms with E-state index in [0.717, 1.165) is 6.26 Å². The second-order valence-electron chi connectivity index (χ2n) is 7.27. The molecule has 10 nitrogen and oxygen atoms in total. The summed E-state index contributed by atoms with van der Waals surface area (Å²) in [5, 5.41) is 7.67. The highest BCUT2D eigenvalue weighted by molar-refractivity contribution is 7.92. The zero-order chi connectivity index (χ0) is 22.1. The summed E-state index contributed by atoms with van der Waals surface area (Å²) in [7, 11) is -3.37. The first-order valence-electron chi connectivity index (χ1n) is 8.95. The van der Waals surface area contributed by atoms with Crippen LogP contribution < -0.4 is 20.7 Å². The van der Waals surface area contributed by atoms with Gasteiger partial charge in [0.15, 0.2) is 0 Å². The quantitative estimate of drug-likeness (QED) is 0.429.